The van der Waals surface area contributed by atoms with E-state index < -0.39 is 5.97 Å². The van der Waals surface area contributed by atoms with Gasteiger partial charge in [-0.1, -0.05) is 21.1 Å². The number of hydrogen-bond acceptors (Lipinski definition) is 4. The van der Waals surface area contributed by atoms with E-state index in [1.807, 2.05) is 0 Å². The van der Waals surface area contributed by atoms with E-state index in [2.05, 4.69) is 21.1 Å². The first-order valence-corrected chi connectivity index (χ1v) is 6.73. The van der Waals surface area contributed by atoms with E-state index in [0.29, 0.717) is 22.4 Å². The summed E-state index contributed by atoms with van der Waals surface area (Å²) in [4.78, 5) is 28.1. The number of halogens is 1. The summed E-state index contributed by atoms with van der Waals surface area (Å²) >= 11 is 3.29. The molecule has 0 aliphatic heterocycles. The van der Waals surface area contributed by atoms with Crippen molar-refractivity contribution in [1.29, 1.82) is 0 Å². The molecule has 1 aromatic carbocycles. The fourth-order valence-corrected chi connectivity index (χ4v) is 2.05. The van der Waals surface area contributed by atoms with Crippen LogP contribution in [0, 0.1) is 0 Å². The minimum absolute atomic E-state index is 0.0850. The molecule has 0 heterocycles. The molecule has 5 heteroatoms. The van der Waals surface area contributed by atoms with E-state index in [1.54, 1.807) is 38.1 Å². The van der Waals surface area contributed by atoms with Gasteiger partial charge in [0.05, 0.1) is 5.56 Å². The van der Waals surface area contributed by atoms with Crippen LogP contribution < -0.4 is 0 Å². The Morgan fingerprint density at radius 2 is 1.65 bits per heavy atom. The van der Waals surface area contributed by atoms with Gasteiger partial charge in [-0.15, -0.1) is 0 Å². The van der Waals surface area contributed by atoms with Gasteiger partial charge in [0.25, 0.3) is 0 Å². The predicted molar refractivity (Wildman–Crippen MR) is 79.5 cm³/mol. The molecule has 2 rings (SSSR count). The predicted octanol–water partition coefficient (Wildman–Crippen LogP) is 3.44. The van der Waals surface area contributed by atoms with Crippen LogP contribution in [0.3, 0.4) is 0 Å². The van der Waals surface area contributed by atoms with Crippen LogP contribution in [0.5, 0.6) is 0 Å². The molecule has 0 aromatic heterocycles. The molecular weight excluding hydrogens is 322 g/mol. The lowest BCUT2D eigenvalue weighted by Crippen LogP contribution is -2.13. The first-order valence-electron chi connectivity index (χ1n) is 5.93. The number of ketones is 1. The summed E-state index contributed by atoms with van der Waals surface area (Å²) in [6.45, 7) is 3.50. The van der Waals surface area contributed by atoms with Crippen molar-refractivity contribution in [3.8, 4) is 0 Å². The highest BCUT2D eigenvalue weighted by Gasteiger charge is 2.15. The third kappa shape index (κ3) is 3.30. The Bertz CT molecular complexity index is 630. The highest BCUT2D eigenvalue weighted by molar-refractivity contribution is 9.10. The van der Waals surface area contributed by atoms with Crippen molar-refractivity contribution in [3.63, 3.8) is 0 Å². The quantitative estimate of drug-likeness (QED) is 0.473. The van der Waals surface area contributed by atoms with Gasteiger partial charge < -0.3 is 4.84 Å². The zero-order valence-electron chi connectivity index (χ0n) is 11.0. The molecule has 0 saturated heterocycles. The summed E-state index contributed by atoms with van der Waals surface area (Å²) < 4.78 is 0.878. The number of nitrogens with zero attached hydrogens (tertiary/aromatic N) is 1. The molecule has 0 saturated carbocycles. The van der Waals surface area contributed by atoms with E-state index in [9.17, 15) is 9.59 Å². The molecule has 0 spiro atoms. The van der Waals surface area contributed by atoms with Crippen molar-refractivity contribution in [2.75, 3.05) is 0 Å². The number of carbonyl (C=O) groups excluding carboxylic acids is 2. The number of rotatable bonds is 2. The number of carbonyl (C=O) groups is 2. The second-order valence-electron chi connectivity index (χ2n) is 4.38. The molecule has 102 valence electrons. The van der Waals surface area contributed by atoms with Crippen molar-refractivity contribution < 1.29 is 14.4 Å². The molecule has 0 N–H and O–H groups in total. The van der Waals surface area contributed by atoms with Crippen LogP contribution in [0.25, 0.3) is 0 Å². The second-order valence-corrected chi connectivity index (χ2v) is 5.30. The van der Waals surface area contributed by atoms with Gasteiger partial charge in [-0.05, 0) is 61.4 Å². The standard InChI is InChI=1S/C15H12BrNO3/c1-9-7-13(18)8-10(2)14(9)17-20-15(19)11-3-5-12(16)6-4-11/h3-8H,1-2H3. The van der Waals surface area contributed by atoms with Gasteiger partial charge in [0.1, 0.15) is 5.71 Å². The fraction of sp³-hybridized carbons (Fsp3) is 0.133. The molecule has 0 bridgehead atoms. The average molecular weight is 334 g/mol. The maximum absolute atomic E-state index is 11.8. The summed E-state index contributed by atoms with van der Waals surface area (Å²) in [6.07, 6.45) is 2.92. The summed E-state index contributed by atoms with van der Waals surface area (Å²) in [5, 5.41) is 3.85. The minimum atomic E-state index is -0.539. The third-order valence-electron chi connectivity index (χ3n) is 2.76. The van der Waals surface area contributed by atoms with Gasteiger partial charge in [-0.2, -0.15) is 0 Å². The molecule has 20 heavy (non-hydrogen) atoms. The molecule has 1 aliphatic rings. The minimum Gasteiger partial charge on any atom is -0.312 e. The van der Waals surface area contributed by atoms with E-state index in [0.717, 1.165) is 4.47 Å². The lowest BCUT2D eigenvalue weighted by atomic mass is 9.98. The number of benzene rings is 1. The Balaban J connectivity index is 2.15. The van der Waals surface area contributed by atoms with E-state index in [-0.39, 0.29) is 5.78 Å². The van der Waals surface area contributed by atoms with Crippen LogP contribution in [0.4, 0.5) is 0 Å². The second kappa shape index (κ2) is 5.96. The highest BCUT2D eigenvalue weighted by Crippen LogP contribution is 2.15. The molecule has 0 radical (unpaired) electrons. The zero-order valence-corrected chi connectivity index (χ0v) is 12.6. The molecule has 0 fully saturated rings. The largest absolute Gasteiger partial charge is 0.365 e. The van der Waals surface area contributed by atoms with Gasteiger partial charge in [-0.3, -0.25) is 4.79 Å². The Morgan fingerprint density at radius 3 is 2.20 bits per heavy atom. The summed E-state index contributed by atoms with van der Waals surface area (Å²) in [6, 6.07) is 6.78. The van der Waals surface area contributed by atoms with Crippen LogP contribution in [0.15, 0.2) is 57.2 Å². The van der Waals surface area contributed by atoms with Crippen molar-refractivity contribution in [2.45, 2.75) is 13.8 Å². The van der Waals surface area contributed by atoms with Crippen LogP contribution in [-0.2, 0) is 9.63 Å². The zero-order chi connectivity index (χ0) is 14.7. The van der Waals surface area contributed by atoms with E-state index >= 15 is 0 Å². The summed E-state index contributed by atoms with van der Waals surface area (Å²) in [7, 11) is 0. The van der Waals surface area contributed by atoms with Crippen LogP contribution in [0.1, 0.15) is 24.2 Å². The first kappa shape index (κ1) is 14.4. The molecule has 0 amide bonds. The third-order valence-corrected chi connectivity index (χ3v) is 3.29. The number of allylic oxidation sites excluding steroid dienone is 4. The molecular formula is C15H12BrNO3. The normalized spacial score (nSPS) is 14.6. The van der Waals surface area contributed by atoms with Gasteiger partial charge in [0.15, 0.2) is 5.78 Å². The van der Waals surface area contributed by atoms with Crippen LogP contribution in [0.2, 0.25) is 0 Å². The van der Waals surface area contributed by atoms with Crippen molar-refractivity contribution in [3.05, 3.63) is 57.6 Å². The Labute approximate surface area is 124 Å². The van der Waals surface area contributed by atoms with Crippen LogP contribution in [-0.4, -0.2) is 17.5 Å². The number of oxime groups is 1. The fourth-order valence-electron chi connectivity index (χ4n) is 1.79. The van der Waals surface area contributed by atoms with Crippen molar-refractivity contribution >= 4 is 33.4 Å². The van der Waals surface area contributed by atoms with E-state index in [4.69, 9.17) is 4.84 Å². The molecule has 0 atom stereocenters. The van der Waals surface area contributed by atoms with Gasteiger partial charge in [0, 0.05) is 4.47 Å². The van der Waals surface area contributed by atoms with Gasteiger partial charge in [-0.25, -0.2) is 4.79 Å². The molecule has 0 unspecified atom stereocenters. The Morgan fingerprint density at radius 1 is 1.10 bits per heavy atom. The first-order chi connectivity index (χ1) is 9.47. The summed E-state index contributed by atoms with van der Waals surface area (Å²) in [5.74, 6) is -0.624. The SMILES string of the molecule is CC1=CC(=O)C=C(C)C1=NOC(=O)c1ccc(Br)cc1. The average Bonchev–Trinajstić information content (AvgIpc) is 2.38. The topological polar surface area (TPSA) is 55.7 Å². The molecule has 1 aromatic rings. The van der Waals surface area contributed by atoms with Crippen molar-refractivity contribution in [2.24, 2.45) is 5.16 Å². The lowest BCUT2D eigenvalue weighted by Gasteiger charge is -2.10. The highest BCUT2D eigenvalue weighted by atomic mass is 79.9. The Kier molecular flexibility index (Phi) is 4.29. The number of hydrogen-bond donors (Lipinski definition) is 0. The van der Waals surface area contributed by atoms with Crippen molar-refractivity contribution in [1.82, 2.24) is 0 Å². The maximum Gasteiger partial charge on any atom is 0.365 e. The molecule has 4 nitrogen and oxygen atoms in total. The smallest absolute Gasteiger partial charge is 0.312 e. The van der Waals surface area contributed by atoms with Gasteiger partial charge in [0.2, 0.25) is 0 Å². The maximum atomic E-state index is 11.8. The Hall–Kier alpha value is -2.01. The van der Waals surface area contributed by atoms with Crippen LogP contribution >= 0.6 is 15.9 Å². The monoisotopic (exact) mass is 333 g/mol. The summed E-state index contributed by atoms with van der Waals surface area (Å²) in [5.41, 5.74) is 2.28. The lowest BCUT2D eigenvalue weighted by molar-refractivity contribution is -0.110. The molecule has 1 aliphatic carbocycles. The van der Waals surface area contributed by atoms with Gasteiger partial charge >= 0.3 is 5.97 Å². The van der Waals surface area contributed by atoms with E-state index in [1.165, 1.54) is 12.2 Å².